The maximum atomic E-state index is 12.7. The van der Waals surface area contributed by atoms with Crippen molar-refractivity contribution >= 4 is 17.9 Å². The van der Waals surface area contributed by atoms with Crippen LogP contribution >= 0.6 is 0 Å². The Morgan fingerprint density at radius 2 is 1.26 bits per heavy atom. The Kier molecular flexibility index (Phi) is 13.5. The molecule has 0 radical (unpaired) electrons. The summed E-state index contributed by atoms with van der Waals surface area (Å²) in [5.41, 5.74) is -5.61. The molecular formula is C21H38O10. The van der Waals surface area contributed by atoms with Crippen molar-refractivity contribution in [2.24, 2.45) is 5.92 Å². The molecule has 3 N–H and O–H groups in total. The number of hydrogen-bond donors (Lipinski definition) is 3. The van der Waals surface area contributed by atoms with Crippen LogP contribution in [0, 0.1) is 5.92 Å². The van der Waals surface area contributed by atoms with Crippen molar-refractivity contribution < 1.29 is 49.0 Å². The predicted molar refractivity (Wildman–Crippen MR) is 111 cm³/mol. The third kappa shape index (κ3) is 6.86. The Bertz CT molecular complexity index is 564. The van der Waals surface area contributed by atoms with Gasteiger partial charge in [-0.05, 0) is 25.2 Å². The first-order valence-corrected chi connectivity index (χ1v) is 10.9. The molecule has 0 aromatic rings. The van der Waals surface area contributed by atoms with Crippen LogP contribution in [0.1, 0.15) is 73.1 Å². The van der Waals surface area contributed by atoms with Crippen molar-refractivity contribution in [3.05, 3.63) is 0 Å². The number of carboxylic acid groups (broad SMARTS) is 3. The summed E-state index contributed by atoms with van der Waals surface area (Å²) in [5.74, 6) is -6.24. The van der Waals surface area contributed by atoms with Gasteiger partial charge in [0.15, 0.2) is 0 Å². The van der Waals surface area contributed by atoms with E-state index in [4.69, 9.17) is 19.2 Å². The predicted octanol–water partition coefficient (Wildman–Crippen LogP) is 3.12. The maximum absolute atomic E-state index is 12.7. The smallest absolute Gasteiger partial charge is 0.346 e. The number of carboxylic acids is 3. The maximum Gasteiger partial charge on any atom is 0.346 e. The molecule has 0 spiro atoms. The first kappa shape index (κ1) is 29.2. The van der Waals surface area contributed by atoms with Crippen molar-refractivity contribution in [3.63, 3.8) is 0 Å². The number of carbonyl (C=O) groups is 3. The third-order valence-corrected chi connectivity index (χ3v) is 4.98. The summed E-state index contributed by atoms with van der Waals surface area (Å²) < 4.78 is 11.1. The normalized spacial score (nSPS) is 16.5. The quantitative estimate of drug-likeness (QED) is 0.152. The molecule has 3 atom stereocenters. The zero-order chi connectivity index (χ0) is 24.1. The van der Waals surface area contributed by atoms with Crippen molar-refractivity contribution in [1.82, 2.24) is 0 Å². The number of hydrogen-bond acceptors (Lipinski definition) is 7. The second-order valence-electron chi connectivity index (χ2n) is 7.64. The summed E-state index contributed by atoms with van der Waals surface area (Å²) in [4.78, 5) is 47.8. The fraction of sp³-hybridized carbons (Fsp3) is 0.857. The molecule has 0 aliphatic rings. The molecule has 10 heteroatoms. The molecule has 31 heavy (non-hydrogen) atoms. The van der Waals surface area contributed by atoms with Gasteiger partial charge < -0.3 is 24.8 Å². The van der Waals surface area contributed by atoms with Gasteiger partial charge in [-0.2, -0.15) is 0 Å². The van der Waals surface area contributed by atoms with Crippen molar-refractivity contribution in [3.8, 4) is 0 Å². The highest BCUT2D eigenvalue weighted by Crippen LogP contribution is 2.42. The highest BCUT2D eigenvalue weighted by Gasteiger charge is 2.73. The molecule has 0 bridgehead atoms. The van der Waals surface area contributed by atoms with Crippen LogP contribution in [0.4, 0.5) is 0 Å². The van der Waals surface area contributed by atoms with Crippen LogP contribution in [0.15, 0.2) is 0 Å². The van der Waals surface area contributed by atoms with Gasteiger partial charge in [0.1, 0.15) is 0 Å². The van der Waals surface area contributed by atoms with Crippen LogP contribution in [-0.4, -0.2) is 70.4 Å². The fourth-order valence-corrected chi connectivity index (χ4v) is 3.20. The van der Waals surface area contributed by atoms with Crippen molar-refractivity contribution in [2.75, 3.05) is 19.8 Å². The van der Waals surface area contributed by atoms with Crippen LogP contribution in [0.25, 0.3) is 0 Å². The van der Waals surface area contributed by atoms with E-state index < -0.39 is 41.1 Å². The molecule has 0 saturated heterocycles. The van der Waals surface area contributed by atoms with E-state index >= 15 is 0 Å². The Hall–Kier alpha value is -1.75. The second kappa shape index (κ2) is 14.3. The van der Waals surface area contributed by atoms with E-state index in [1.807, 2.05) is 20.8 Å². The molecule has 0 aromatic carbocycles. The van der Waals surface area contributed by atoms with E-state index in [0.717, 1.165) is 0 Å². The first-order valence-electron chi connectivity index (χ1n) is 10.9. The van der Waals surface area contributed by atoms with Crippen LogP contribution in [0.5, 0.6) is 0 Å². The minimum absolute atomic E-state index is 0.0599. The zero-order valence-electron chi connectivity index (χ0n) is 19.2. The van der Waals surface area contributed by atoms with Gasteiger partial charge >= 0.3 is 17.9 Å². The van der Waals surface area contributed by atoms with Gasteiger partial charge in [0, 0.05) is 13.2 Å². The number of unbranched alkanes of at least 4 members (excludes halogenated alkanes) is 3. The van der Waals surface area contributed by atoms with Gasteiger partial charge in [0.05, 0.1) is 6.61 Å². The highest BCUT2D eigenvalue weighted by molar-refractivity contribution is 5.96. The first-order chi connectivity index (χ1) is 14.6. The Labute approximate surface area is 183 Å². The summed E-state index contributed by atoms with van der Waals surface area (Å²) in [6.07, 6.45) is 1.16. The van der Waals surface area contributed by atoms with Gasteiger partial charge in [-0.3, -0.25) is 0 Å². The number of ether oxygens (including phenoxy) is 2. The van der Waals surface area contributed by atoms with Crippen LogP contribution in [0.3, 0.4) is 0 Å². The van der Waals surface area contributed by atoms with E-state index in [0.29, 0.717) is 38.5 Å². The van der Waals surface area contributed by atoms with Gasteiger partial charge in [-0.25, -0.2) is 24.2 Å². The molecule has 182 valence electrons. The molecule has 0 aromatic heterocycles. The zero-order valence-corrected chi connectivity index (χ0v) is 19.2. The molecule has 0 aliphatic heterocycles. The summed E-state index contributed by atoms with van der Waals surface area (Å²) in [5, 5.41) is 30.4. The highest BCUT2D eigenvalue weighted by atomic mass is 17.2. The Morgan fingerprint density at radius 3 is 1.68 bits per heavy atom. The monoisotopic (exact) mass is 450 g/mol. The number of aliphatic carboxylic acids is 3. The van der Waals surface area contributed by atoms with Gasteiger partial charge in [-0.15, -0.1) is 0 Å². The molecule has 0 aliphatic carbocycles. The van der Waals surface area contributed by atoms with Crippen LogP contribution in [0.2, 0.25) is 0 Å². The third-order valence-electron chi connectivity index (χ3n) is 4.98. The standard InChI is InChI=1S/C21H38O10/c1-6-9-12-28-16(17(22)23)21(19(26)27,31-30-14-11-8-3)20(15(4)5,18(24)25)29-13-10-7-2/h15-16H,6-14H2,1-5H3,(H,22,23)(H,24,25)(H,26,27). The SMILES string of the molecule is CCCCOOC(C(=O)O)(C(OCCCC)C(=O)O)C(OCCCC)(C(=O)O)C(C)C. The number of rotatable bonds is 19. The largest absolute Gasteiger partial charge is 0.479 e. The Morgan fingerprint density at radius 1 is 0.774 bits per heavy atom. The minimum atomic E-state index is -3.01. The lowest BCUT2D eigenvalue weighted by Gasteiger charge is -2.47. The summed E-state index contributed by atoms with van der Waals surface area (Å²) >= 11 is 0. The Balaban J connectivity index is 6.77. The minimum Gasteiger partial charge on any atom is -0.479 e. The summed E-state index contributed by atoms with van der Waals surface area (Å²) in [7, 11) is 0. The van der Waals surface area contributed by atoms with Gasteiger partial charge in [0.2, 0.25) is 11.7 Å². The molecule has 0 heterocycles. The molecule has 10 nitrogen and oxygen atoms in total. The topological polar surface area (TPSA) is 149 Å². The van der Waals surface area contributed by atoms with Crippen molar-refractivity contribution in [2.45, 2.75) is 90.4 Å². The lowest BCUT2D eigenvalue weighted by molar-refractivity contribution is -0.404. The van der Waals surface area contributed by atoms with E-state index in [9.17, 15) is 29.7 Å². The molecular weight excluding hydrogens is 412 g/mol. The van der Waals surface area contributed by atoms with Crippen LogP contribution < -0.4 is 0 Å². The fourth-order valence-electron chi connectivity index (χ4n) is 3.20. The van der Waals surface area contributed by atoms with Crippen molar-refractivity contribution in [1.29, 1.82) is 0 Å². The summed E-state index contributed by atoms with van der Waals surface area (Å²) in [6.45, 7) is 8.14. The molecule has 3 unspecified atom stereocenters. The van der Waals surface area contributed by atoms with E-state index in [2.05, 4.69) is 0 Å². The molecule has 0 fully saturated rings. The van der Waals surface area contributed by atoms with Gasteiger partial charge in [0.25, 0.3) is 5.60 Å². The lowest BCUT2D eigenvalue weighted by atomic mass is 9.71. The van der Waals surface area contributed by atoms with E-state index in [-0.39, 0.29) is 19.8 Å². The van der Waals surface area contributed by atoms with E-state index in [1.54, 1.807) is 0 Å². The summed E-state index contributed by atoms with van der Waals surface area (Å²) in [6, 6.07) is 0. The van der Waals surface area contributed by atoms with E-state index in [1.165, 1.54) is 13.8 Å². The average molecular weight is 451 g/mol. The average Bonchev–Trinajstić information content (AvgIpc) is 2.69. The lowest BCUT2D eigenvalue weighted by Crippen LogP contribution is -2.75. The molecule has 0 saturated carbocycles. The second-order valence-corrected chi connectivity index (χ2v) is 7.64. The van der Waals surface area contributed by atoms with Gasteiger partial charge in [-0.1, -0.05) is 53.9 Å². The molecule has 0 amide bonds. The molecule has 0 rings (SSSR count). The van der Waals surface area contributed by atoms with Crippen LogP contribution in [-0.2, 0) is 33.6 Å².